The molecule has 1 atom stereocenters. The minimum Gasteiger partial charge on any atom is -0.368 e. The minimum absolute atomic E-state index is 0.107. The summed E-state index contributed by atoms with van der Waals surface area (Å²) in [7, 11) is 0. The third-order valence-electron chi connectivity index (χ3n) is 2.82. The lowest BCUT2D eigenvalue weighted by atomic mass is 10.1. The van der Waals surface area contributed by atoms with E-state index >= 15 is 0 Å². The van der Waals surface area contributed by atoms with Crippen LogP contribution in [0.15, 0.2) is 36.5 Å². The Morgan fingerprint density at radius 2 is 2.11 bits per heavy atom. The van der Waals surface area contributed by atoms with E-state index in [1.165, 1.54) is 5.56 Å². The number of benzene rings is 1. The molecule has 3 nitrogen and oxygen atoms in total. The predicted molar refractivity (Wildman–Crippen MR) is 80.5 cm³/mol. The Kier molecular flexibility index (Phi) is 5.36. The number of nitrogens with zero attached hydrogens (tertiary/aromatic N) is 1. The molecule has 0 spiro atoms. The average Bonchev–Trinajstić information content (AvgIpc) is 2.91. The second-order valence-corrected chi connectivity index (χ2v) is 5.54. The van der Waals surface area contributed by atoms with Crippen molar-refractivity contribution in [3.63, 3.8) is 0 Å². The van der Waals surface area contributed by atoms with Gasteiger partial charge in [-0.05, 0) is 18.9 Å². The van der Waals surface area contributed by atoms with Gasteiger partial charge in [0.05, 0.1) is 17.6 Å². The van der Waals surface area contributed by atoms with E-state index in [1.54, 1.807) is 11.3 Å². The predicted octanol–water partition coefficient (Wildman–Crippen LogP) is 4.24. The van der Waals surface area contributed by atoms with Crippen molar-refractivity contribution < 1.29 is 4.74 Å². The van der Waals surface area contributed by atoms with Crippen LogP contribution in [0.3, 0.4) is 0 Å². The van der Waals surface area contributed by atoms with Gasteiger partial charge in [-0.1, -0.05) is 48.6 Å². The van der Waals surface area contributed by atoms with E-state index in [4.69, 9.17) is 4.74 Å². The van der Waals surface area contributed by atoms with Crippen molar-refractivity contribution in [3.8, 4) is 0 Å². The molecule has 0 saturated carbocycles. The van der Waals surface area contributed by atoms with Crippen LogP contribution in [0.25, 0.3) is 0 Å². The highest BCUT2D eigenvalue weighted by atomic mass is 32.1. The van der Waals surface area contributed by atoms with Gasteiger partial charge in [-0.3, -0.25) is 0 Å². The molecule has 1 N–H and O–H groups in total. The molecule has 19 heavy (non-hydrogen) atoms. The largest absolute Gasteiger partial charge is 0.368 e. The molecule has 0 bridgehead atoms. The van der Waals surface area contributed by atoms with Crippen LogP contribution in [0.4, 0.5) is 5.13 Å². The summed E-state index contributed by atoms with van der Waals surface area (Å²) < 4.78 is 5.87. The highest BCUT2D eigenvalue weighted by molar-refractivity contribution is 7.15. The number of hydrogen-bond acceptors (Lipinski definition) is 4. The van der Waals surface area contributed by atoms with Crippen molar-refractivity contribution in [2.75, 3.05) is 11.9 Å². The van der Waals surface area contributed by atoms with Crippen molar-refractivity contribution in [3.05, 3.63) is 47.0 Å². The topological polar surface area (TPSA) is 34.2 Å². The van der Waals surface area contributed by atoms with Crippen LogP contribution >= 0.6 is 11.3 Å². The molecule has 1 heterocycles. The van der Waals surface area contributed by atoms with Crippen molar-refractivity contribution in [1.29, 1.82) is 0 Å². The van der Waals surface area contributed by atoms with E-state index in [0.717, 1.165) is 23.0 Å². The molecular weight excluding hydrogens is 256 g/mol. The number of hydrogen-bond donors (Lipinski definition) is 1. The van der Waals surface area contributed by atoms with Crippen molar-refractivity contribution in [2.45, 2.75) is 33.0 Å². The summed E-state index contributed by atoms with van der Waals surface area (Å²) in [4.78, 5) is 5.49. The molecule has 102 valence electrons. The molecule has 0 radical (unpaired) electrons. The van der Waals surface area contributed by atoms with Gasteiger partial charge in [0.25, 0.3) is 0 Å². The lowest BCUT2D eigenvalue weighted by Crippen LogP contribution is -1.99. The normalized spacial score (nSPS) is 12.3. The third-order valence-corrected chi connectivity index (χ3v) is 3.75. The van der Waals surface area contributed by atoms with Gasteiger partial charge in [-0.15, -0.1) is 0 Å². The summed E-state index contributed by atoms with van der Waals surface area (Å²) in [6.45, 7) is 5.80. The maximum atomic E-state index is 5.87. The highest BCUT2D eigenvalue weighted by Crippen LogP contribution is 2.22. The lowest BCUT2D eigenvalue weighted by molar-refractivity contribution is 0.0541. The zero-order valence-corrected chi connectivity index (χ0v) is 12.2. The lowest BCUT2D eigenvalue weighted by Gasteiger charge is -2.12. The zero-order chi connectivity index (χ0) is 13.5. The standard InChI is InChI=1S/C15H20N2OS/c1-3-9-16-15-17-10-14(19-15)11-18-12(2)13-7-5-4-6-8-13/h4-8,10,12H,3,9,11H2,1-2H3,(H,16,17). The molecule has 4 heteroatoms. The van der Waals surface area contributed by atoms with Gasteiger partial charge in [0, 0.05) is 12.7 Å². The molecule has 0 amide bonds. The third kappa shape index (κ3) is 4.33. The molecule has 2 aromatic rings. The van der Waals surface area contributed by atoms with Crippen molar-refractivity contribution in [2.24, 2.45) is 0 Å². The van der Waals surface area contributed by atoms with E-state index < -0.39 is 0 Å². The van der Waals surface area contributed by atoms with Crippen LogP contribution in [0.2, 0.25) is 0 Å². The van der Waals surface area contributed by atoms with Crippen LogP contribution in [0, 0.1) is 0 Å². The first kappa shape index (κ1) is 14.0. The number of ether oxygens (including phenoxy) is 1. The summed E-state index contributed by atoms with van der Waals surface area (Å²) in [6, 6.07) is 10.3. The van der Waals surface area contributed by atoms with E-state index in [9.17, 15) is 0 Å². The Hall–Kier alpha value is -1.39. The van der Waals surface area contributed by atoms with Gasteiger partial charge in [-0.2, -0.15) is 0 Å². The summed E-state index contributed by atoms with van der Waals surface area (Å²) in [6.07, 6.45) is 3.10. The number of anilines is 1. The number of thiazole rings is 1. The van der Waals surface area contributed by atoms with Gasteiger partial charge >= 0.3 is 0 Å². The summed E-state index contributed by atoms with van der Waals surface area (Å²) in [5, 5.41) is 4.27. The number of nitrogens with one attached hydrogen (secondary N) is 1. The summed E-state index contributed by atoms with van der Waals surface area (Å²) in [5.74, 6) is 0. The number of aromatic nitrogens is 1. The second kappa shape index (κ2) is 7.26. The van der Waals surface area contributed by atoms with Gasteiger partial charge in [-0.25, -0.2) is 4.98 Å². The molecule has 0 aliphatic heterocycles. The fourth-order valence-corrected chi connectivity index (χ4v) is 2.48. The van der Waals surface area contributed by atoms with Gasteiger partial charge in [0.2, 0.25) is 0 Å². The maximum Gasteiger partial charge on any atom is 0.182 e. The van der Waals surface area contributed by atoms with E-state index in [0.29, 0.717) is 6.61 Å². The Bertz CT molecular complexity index is 484. The van der Waals surface area contributed by atoms with Gasteiger partial charge < -0.3 is 10.1 Å². The SMILES string of the molecule is CCCNc1ncc(COC(C)c2ccccc2)s1. The fourth-order valence-electron chi connectivity index (χ4n) is 1.72. The second-order valence-electron chi connectivity index (χ2n) is 4.42. The van der Waals surface area contributed by atoms with E-state index in [-0.39, 0.29) is 6.10 Å². The monoisotopic (exact) mass is 276 g/mol. The molecular formula is C15H20N2OS. The molecule has 1 unspecified atom stereocenters. The molecule has 0 aliphatic rings. The first-order valence-electron chi connectivity index (χ1n) is 6.64. The van der Waals surface area contributed by atoms with E-state index in [2.05, 4.69) is 36.3 Å². The molecule has 2 rings (SSSR count). The molecule has 0 saturated heterocycles. The summed E-state index contributed by atoms with van der Waals surface area (Å²) in [5.41, 5.74) is 1.20. The van der Waals surface area contributed by atoms with Gasteiger partial charge in [0.1, 0.15) is 0 Å². The Balaban J connectivity index is 1.83. The van der Waals surface area contributed by atoms with Crippen molar-refractivity contribution >= 4 is 16.5 Å². The van der Waals surface area contributed by atoms with Gasteiger partial charge in [0.15, 0.2) is 5.13 Å². The first-order valence-corrected chi connectivity index (χ1v) is 7.46. The first-order chi connectivity index (χ1) is 9.29. The Morgan fingerprint density at radius 3 is 2.84 bits per heavy atom. The molecule has 0 fully saturated rings. The molecule has 1 aromatic heterocycles. The van der Waals surface area contributed by atoms with Crippen LogP contribution < -0.4 is 5.32 Å². The highest BCUT2D eigenvalue weighted by Gasteiger charge is 2.07. The fraction of sp³-hybridized carbons (Fsp3) is 0.400. The van der Waals surface area contributed by atoms with Crippen LogP contribution in [0.5, 0.6) is 0 Å². The van der Waals surface area contributed by atoms with Crippen LogP contribution in [0.1, 0.15) is 36.8 Å². The Labute approximate surface area is 118 Å². The average molecular weight is 276 g/mol. The molecule has 1 aromatic carbocycles. The number of rotatable bonds is 7. The van der Waals surface area contributed by atoms with Crippen LogP contribution in [-0.2, 0) is 11.3 Å². The maximum absolute atomic E-state index is 5.87. The van der Waals surface area contributed by atoms with Crippen LogP contribution in [-0.4, -0.2) is 11.5 Å². The van der Waals surface area contributed by atoms with Crippen molar-refractivity contribution in [1.82, 2.24) is 4.98 Å². The summed E-state index contributed by atoms with van der Waals surface area (Å²) >= 11 is 1.66. The van der Waals surface area contributed by atoms with E-state index in [1.807, 2.05) is 24.4 Å². The smallest absolute Gasteiger partial charge is 0.182 e. The zero-order valence-electron chi connectivity index (χ0n) is 11.4. The quantitative estimate of drug-likeness (QED) is 0.821. The molecule has 0 aliphatic carbocycles. The minimum atomic E-state index is 0.107. The Morgan fingerprint density at radius 1 is 1.32 bits per heavy atom.